The van der Waals surface area contributed by atoms with Gasteiger partial charge >= 0.3 is 0 Å². The topological polar surface area (TPSA) is 68.8 Å². The highest BCUT2D eigenvalue weighted by Gasteiger charge is 2.36. The smallest absolute Gasteiger partial charge is 0.156 e. The van der Waals surface area contributed by atoms with Crippen molar-refractivity contribution in [3.8, 4) is 22.9 Å². The molecule has 1 atom stereocenters. The lowest BCUT2D eigenvalue weighted by Crippen LogP contribution is -2.44. The van der Waals surface area contributed by atoms with Crippen molar-refractivity contribution in [1.29, 1.82) is 5.26 Å². The van der Waals surface area contributed by atoms with E-state index in [0.717, 1.165) is 58.1 Å². The monoisotopic (exact) mass is 477 g/mol. The highest BCUT2D eigenvalue weighted by Crippen LogP contribution is 2.43. The van der Waals surface area contributed by atoms with Gasteiger partial charge in [-0.25, -0.2) is 4.99 Å². The van der Waals surface area contributed by atoms with Crippen LogP contribution in [0.2, 0.25) is 0 Å². The van der Waals surface area contributed by atoms with Crippen LogP contribution in [0, 0.1) is 17.2 Å². The number of aliphatic hydroxyl groups is 1. The fraction of sp³-hybridized carbons (Fsp3) is 0.290. The minimum absolute atomic E-state index is 0.107. The van der Waals surface area contributed by atoms with E-state index < -0.39 is 6.23 Å². The molecule has 1 aliphatic heterocycles. The molecule has 1 saturated carbocycles. The summed E-state index contributed by atoms with van der Waals surface area (Å²) in [6.07, 6.45) is 2.18. The standard InChI is InChI=1S/C31H31N3O2/c1-20(2)36-27-16-14-26(15-17-27)34-21(3)33-30(24-12-13-24)29(31(34)35)18-22-8-10-23(11-9-22)28-7-5-4-6-25(28)19-32/h4-11,14-17,20,24,31,35H,12-13,18H2,1-3H3. The first-order valence-corrected chi connectivity index (χ1v) is 12.5. The fourth-order valence-electron chi connectivity index (χ4n) is 4.80. The molecule has 0 aromatic heterocycles. The molecule has 0 saturated heterocycles. The van der Waals surface area contributed by atoms with E-state index in [4.69, 9.17) is 9.73 Å². The van der Waals surface area contributed by atoms with Gasteiger partial charge in [0.1, 0.15) is 11.6 Å². The molecule has 3 aromatic carbocycles. The summed E-state index contributed by atoms with van der Waals surface area (Å²) < 4.78 is 5.78. The van der Waals surface area contributed by atoms with Crippen LogP contribution in [-0.4, -0.2) is 23.3 Å². The number of hydrogen-bond donors (Lipinski definition) is 1. The molecule has 5 heteroatoms. The summed E-state index contributed by atoms with van der Waals surface area (Å²) in [4.78, 5) is 6.88. The lowest BCUT2D eigenvalue weighted by Gasteiger charge is -2.36. The zero-order valence-corrected chi connectivity index (χ0v) is 21.0. The third-order valence-electron chi connectivity index (χ3n) is 6.67. The largest absolute Gasteiger partial charge is 0.491 e. The highest BCUT2D eigenvalue weighted by molar-refractivity contribution is 5.98. The number of allylic oxidation sites excluding steroid dienone is 1. The summed E-state index contributed by atoms with van der Waals surface area (Å²) in [6, 6.07) is 26.0. The van der Waals surface area contributed by atoms with E-state index in [2.05, 4.69) is 30.3 Å². The van der Waals surface area contributed by atoms with Crippen molar-refractivity contribution >= 4 is 11.5 Å². The van der Waals surface area contributed by atoms with Crippen molar-refractivity contribution in [2.75, 3.05) is 4.90 Å². The minimum atomic E-state index is -0.783. The van der Waals surface area contributed by atoms with Crippen molar-refractivity contribution in [2.24, 2.45) is 10.9 Å². The van der Waals surface area contributed by atoms with Crippen LogP contribution in [0.25, 0.3) is 11.1 Å². The number of amidine groups is 1. The number of aliphatic hydroxyl groups excluding tert-OH is 1. The van der Waals surface area contributed by atoms with Gasteiger partial charge in [0.15, 0.2) is 6.23 Å². The number of nitriles is 1. The van der Waals surface area contributed by atoms with Gasteiger partial charge in [0, 0.05) is 22.9 Å². The molecule has 1 heterocycles. The highest BCUT2D eigenvalue weighted by atomic mass is 16.5. The number of benzene rings is 3. The van der Waals surface area contributed by atoms with Gasteiger partial charge in [-0.2, -0.15) is 5.26 Å². The first kappa shape index (κ1) is 23.8. The van der Waals surface area contributed by atoms with Crippen LogP contribution in [-0.2, 0) is 6.42 Å². The molecule has 1 unspecified atom stereocenters. The Kier molecular flexibility index (Phi) is 6.63. The van der Waals surface area contributed by atoms with Crippen LogP contribution < -0.4 is 9.64 Å². The molecule has 0 spiro atoms. The van der Waals surface area contributed by atoms with Crippen molar-refractivity contribution in [3.05, 3.63) is 95.2 Å². The predicted octanol–water partition coefficient (Wildman–Crippen LogP) is 6.48. The average molecular weight is 478 g/mol. The van der Waals surface area contributed by atoms with Crippen LogP contribution in [0.3, 0.4) is 0 Å². The Morgan fingerprint density at radius 1 is 1.03 bits per heavy atom. The predicted molar refractivity (Wildman–Crippen MR) is 144 cm³/mol. The minimum Gasteiger partial charge on any atom is -0.491 e. The maximum atomic E-state index is 11.6. The summed E-state index contributed by atoms with van der Waals surface area (Å²) in [5.41, 5.74) is 6.59. The van der Waals surface area contributed by atoms with Crippen LogP contribution in [0.4, 0.5) is 5.69 Å². The zero-order valence-electron chi connectivity index (χ0n) is 21.0. The van der Waals surface area contributed by atoms with Crippen LogP contribution >= 0.6 is 0 Å². The van der Waals surface area contributed by atoms with Gasteiger partial charge in [-0.1, -0.05) is 42.5 Å². The summed E-state index contributed by atoms with van der Waals surface area (Å²) in [6.45, 7) is 5.97. The maximum absolute atomic E-state index is 11.6. The Morgan fingerprint density at radius 2 is 1.72 bits per heavy atom. The van der Waals surface area contributed by atoms with Gasteiger partial charge in [-0.05, 0) is 87.1 Å². The molecule has 36 heavy (non-hydrogen) atoms. The van der Waals surface area contributed by atoms with Crippen LogP contribution in [0.5, 0.6) is 5.75 Å². The van der Waals surface area contributed by atoms with E-state index >= 15 is 0 Å². The zero-order chi connectivity index (χ0) is 25.2. The second kappa shape index (κ2) is 10.0. The van der Waals surface area contributed by atoms with Gasteiger partial charge < -0.3 is 9.84 Å². The third-order valence-corrected chi connectivity index (χ3v) is 6.67. The second-order valence-corrected chi connectivity index (χ2v) is 9.78. The lowest BCUT2D eigenvalue weighted by atomic mass is 9.95. The number of nitrogens with zero attached hydrogens (tertiary/aromatic N) is 3. The molecule has 1 N–H and O–H groups in total. The van der Waals surface area contributed by atoms with Gasteiger partial charge in [0.2, 0.25) is 0 Å². The van der Waals surface area contributed by atoms with E-state index in [9.17, 15) is 10.4 Å². The molecule has 1 aliphatic carbocycles. The molecule has 5 rings (SSSR count). The first-order chi connectivity index (χ1) is 17.4. The van der Waals surface area contributed by atoms with E-state index in [1.165, 1.54) is 0 Å². The Labute approximate surface area is 213 Å². The van der Waals surface area contributed by atoms with Gasteiger partial charge in [-0.3, -0.25) is 4.90 Å². The normalized spacial score (nSPS) is 17.7. The van der Waals surface area contributed by atoms with E-state index in [1.54, 1.807) is 0 Å². The van der Waals surface area contributed by atoms with Gasteiger partial charge in [-0.15, -0.1) is 0 Å². The molecule has 0 radical (unpaired) electrons. The molecular formula is C31H31N3O2. The quantitative estimate of drug-likeness (QED) is 0.423. The molecular weight excluding hydrogens is 446 g/mol. The Balaban J connectivity index is 1.42. The van der Waals surface area contributed by atoms with Gasteiger partial charge in [0.05, 0.1) is 17.7 Å². The number of aliphatic imine (C=N–C) groups is 1. The maximum Gasteiger partial charge on any atom is 0.156 e. The summed E-state index contributed by atoms with van der Waals surface area (Å²) in [7, 11) is 0. The SMILES string of the molecule is CC1=NC(C2CC2)=C(Cc2ccc(-c3ccccc3C#N)cc2)C(O)N1c1ccc(OC(C)C)cc1. The first-order valence-electron chi connectivity index (χ1n) is 12.5. The second-order valence-electron chi connectivity index (χ2n) is 9.78. The molecule has 3 aromatic rings. The lowest BCUT2D eigenvalue weighted by molar-refractivity contribution is 0.212. The molecule has 0 bridgehead atoms. The van der Waals surface area contributed by atoms with Crippen LogP contribution in [0.1, 0.15) is 44.7 Å². The third kappa shape index (κ3) is 4.91. The molecule has 5 nitrogen and oxygen atoms in total. The Morgan fingerprint density at radius 3 is 2.36 bits per heavy atom. The number of rotatable bonds is 7. The number of ether oxygens (including phenoxy) is 1. The molecule has 2 aliphatic rings. The van der Waals surface area contributed by atoms with E-state index in [0.29, 0.717) is 17.9 Å². The van der Waals surface area contributed by atoms with Crippen molar-refractivity contribution in [1.82, 2.24) is 0 Å². The summed E-state index contributed by atoms with van der Waals surface area (Å²) in [5, 5.41) is 21.0. The number of hydrogen-bond acceptors (Lipinski definition) is 5. The molecule has 1 fully saturated rings. The average Bonchev–Trinajstić information content (AvgIpc) is 3.72. The number of anilines is 1. The molecule has 0 amide bonds. The fourth-order valence-corrected chi connectivity index (χ4v) is 4.80. The van der Waals surface area contributed by atoms with E-state index in [1.807, 2.05) is 74.2 Å². The van der Waals surface area contributed by atoms with Crippen molar-refractivity contribution in [2.45, 2.75) is 52.4 Å². The van der Waals surface area contributed by atoms with Crippen LogP contribution in [0.15, 0.2) is 89.1 Å². The Bertz CT molecular complexity index is 1340. The van der Waals surface area contributed by atoms with Crippen molar-refractivity contribution < 1.29 is 9.84 Å². The van der Waals surface area contributed by atoms with Crippen molar-refractivity contribution in [3.63, 3.8) is 0 Å². The summed E-state index contributed by atoms with van der Waals surface area (Å²) in [5.74, 6) is 2.03. The Hall–Kier alpha value is -3.88. The molecule has 182 valence electrons. The van der Waals surface area contributed by atoms with E-state index in [-0.39, 0.29) is 6.10 Å². The van der Waals surface area contributed by atoms with Gasteiger partial charge in [0.25, 0.3) is 0 Å². The summed E-state index contributed by atoms with van der Waals surface area (Å²) >= 11 is 0.